The number of amides is 1. The maximum atomic E-state index is 12.1. The van der Waals surface area contributed by atoms with Crippen molar-refractivity contribution in [2.75, 3.05) is 13.1 Å². The molecule has 1 amide bonds. The monoisotopic (exact) mass is 251 g/mol. The molecule has 0 spiro atoms. The van der Waals surface area contributed by atoms with Gasteiger partial charge >= 0.3 is 0 Å². The Hall–Kier alpha value is -1.43. The van der Waals surface area contributed by atoms with Gasteiger partial charge in [0.2, 0.25) is 5.91 Å². The van der Waals surface area contributed by atoms with Crippen LogP contribution in [0.4, 0.5) is 0 Å². The van der Waals surface area contributed by atoms with E-state index in [2.05, 4.69) is 10.3 Å². The van der Waals surface area contributed by atoms with Crippen LogP contribution in [0, 0.1) is 5.92 Å². The van der Waals surface area contributed by atoms with Gasteiger partial charge in [-0.3, -0.25) is 9.48 Å². The number of carbonyl (C=O) groups is 1. The Balaban J connectivity index is 1.81. The molecule has 2 unspecified atom stereocenters. The number of rotatable bonds is 4. The van der Waals surface area contributed by atoms with Crippen molar-refractivity contribution >= 4 is 5.91 Å². The molecule has 0 aliphatic carbocycles. The van der Waals surface area contributed by atoms with Gasteiger partial charge in [-0.1, -0.05) is 5.21 Å². The highest BCUT2D eigenvalue weighted by atomic mass is 16.2. The quantitative estimate of drug-likeness (QED) is 0.832. The summed E-state index contributed by atoms with van der Waals surface area (Å²) in [6.45, 7) is 4.28. The summed E-state index contributed by atoms with van der Waals surface area (Å²) in [6.07, 6.45) is 6.06. The molecule has 2 N–H and O–H groups in total. The van der Waals surface area contributed by atoms with Crippen LogP contribution in [-0.2, 0) is 11.3 Å². The van der Waals surface area contributed by atoms with Crippen LogP contribution in [0.15, 0.2) is 12.4 Å². The van der Waals surface area contributed by atoms with Crippen LogP contribution < -0.4 is 5.73 Å². The average molecular weight is 251 g/mol. The van der Waals surface area contributed by atoms with Crippen LogP contribution in [0.25, 0.3) is 0 Å². The lowest BCUT2D eigenvalue weighted by Crippen LogP contribution is -2.45. The molecular formula is C12H21N5O. The van der Waals surface area contributed by atoms with E-state index < -0.39 is 0 Å². The number of nitrogens with zero attached hydrogens (tertiary/aromatic N) is 4. The number of piperidine rings is 1. The van der Waals surface area contributed by atoms with Crippen molar-refractivity contribution in [2.45, 2.75) is 38.8 Å². The fourth-order valence-electron chi connectivity index (χ4n) is 2.39. The molecule has 1 saturated heterocycles. The molecule has 0 saturated carbocycles. The minimum atomic E-state index is 0.163. The maximum Gasteiger partial charge on any atom is 0.224 e. The van der Waals surface area contributed by atoms with E-state index >= 15 is 0 Å². The van der Waals surface area contributed by atoms with Crippen molar-refractivity contribution in [1.82, 2.24) is 19.9 Å². The van der Waals surface area contributed by atoms with Crippen molar-refractivity contribution in [2.24, 2.45) is 11.7 Å². The Labute approximate surface area is 107 Å². The molecule has 6 heteroatoms. The van der Waals surface area contributed by atoms with Gasteiger partial charge in [0.15, 0.2) is 0 Å². The summed E-state index contributed by atoms with van der Waals surface area (Å²) in [5.41, 5.74) is 5.92. The highest BCUT2D eigenvalue weighted by Gasteiger charge is 2.25. The van der Waals surface area contributed by atoms with Crippen molar-refractivity contribution < 1.29 is 4.79 Å². The van der Waals surface area contributed by atoms with E-state index in [-0.39, 0.29) is 11.9 Å². The van der Waals surface area contributed by atoms with Gasteiger partial charge in [-0.05, 0) is 25.7 Å². The first kappa shape index (κ1) is 13.0. The van der Waals surface area contributed by atoms with Crippen molar-refractivity contribution in [3.05, 3.63) is 12.4 Å². The van der Waals surface area contributed by atoms with E-state index in [1.807, 2.05) is 11.8 Å². The second-order valence-corrected chi connectivity index (χ2v) is 5.02. The van der Waals surface area contributed by atoms with Crippen molar-refractivity contribution in [3.8, 4) is 0 Å². The molecule has 2 heterocycles. The maximum absolute atomic E-state index is 12.1. The fourth-order valence-corrected chi connectivity index (χ4v) is 2.39. The smallest absolute Gasteiger partial charge is 0.224 e. The third-order valence-electron chi connectivity index (χ3n) is 3.58. The molecule has 1 aliphatic heterocycles. The summed E-state index contributed by atoms with van der Waals surface area (Å²) in [5, 5.41) is 7.57. The molecule has 1 aromatic rings. The van der Waals surface area contributed by atoms with Crippen LogP contribution in [0.3, 0.4) is 0 Å². The number of likely N-dealkylation sites (tertiary alicyclic amines) is 1. The predicted molar refractivity (Wildman–Crippen MR) is 67.6 cm³/mol. The van der Waals surface area contributed by atoms with E-state index in [1.165, 1.54) is 0 Å². The summed E-state index contributed by atoms with van der Waals surface area (Å²) >= 11 is 0. The van der Waals surface area contributed by atoms with Crippen LogP contribution >= 0.6 is 0 Å². The molecule has 2 atom stereocenters. The summed E-state index contributed by atoms with van der Waals surface area (Å²) in [7, 11) is 0. The highest BCUT2D eigenvalue weighted by Crippen LogP contribution is 2.19. The van der Waals surface area contributed by atoms with Crippen LogP contribution in [0.1, 0.15) is 26.2 Å². The fraction of sp³-hybridized carbons (Fsp3) is 0.750. The number of carbonyl (C=O) groups excluding carboxylic acids is 1. The van der Waals surface area contributed by atoms with Gasteiger partial charge in [-0.2, -0.15) is 0 Å². The van der Waals surface area contributed by atoms with Crippen LogP contribution in [-0.4, -0.2) is 44.9 Å². The molecule has 0 aromatic carbocycles. The molecule has 2 rings (SSSR count). The second kappa shape index (κ2) is 5.95. The van der Waals surface area contributed by atoms with Gasteiger partial charge in [0, 0.05) is 31.7 Å². The zero-order valence-electron chi connectivity index (χ0n) is 10.8. The minimum Gasteiger partial charge on any atom is -0.342 e. The number of nitrogens with two attached hydrogens (primary N) is 1. The zero-order valence-corrected chi connectivity index (χ0v) is 10.8. The van der Waals surface area contributed by atoms with Crippen LogP contribution in [0.5, 0.6) is 0 Å². The van der Waals surface area contributed by atoms with Gasteiger partial charge < -0.3 is 10.6 Å². The summed E-state index contributed by atoms with van der Waals surface area (Å²) in [6, 6.07) is 0.163. The number of aromatic nitrogens is 3. The predicted octanol–water partition coefficient (Wildman–Crippen LogP) is 0.254. The molecular weight excluding hydrogens is 230 g/mol. The molecule has 1 fully saturated rings. The molecule has 18 heavy (non-hydrogen) atoms. The summed E-state index contributed by atoms with van der Waals surface area (Å²) < 4.78 is 1.69. The normalized spacial score (nSPS) is 21.9. The number of hydrogen-bond acceptors (Lipinski definition) is 4. The van der Waals surface area contributed by atoms with Crippen LogP contribution in [0.2, 0.25) is 0 Å². The van der Waals surface area contributed by atoms with E-state index in [4.69, 9.17) is 5.73 Å². The Morgan fingerprint density at radius 3 is 3.11 bits per heavy atom. The first-order chi connectivity index (χ1) is 8.66. The molecule has 6 nitrogen and oxygen atoms in total. The highest BCUT2D eigenvalue weighted by molar-refractivity contribution is 5.76. The standard InChI is InChI=1S/C12H21N5O/c1-10(13)11-3-2-6-16(9-11)12(18)4-7-17-8-5-14-15-17/h5,8,10-11H,2-4,6-7,9,13H2,1H3. The van der Waals surface area contributed by atoms with Crippen molar-refractivity contribution in [1.29, 1.82) is 0 Å². The Morgan fingerprint density at radius 2 is 2.44 bits per heavy atom. The summed E-state index contributed by atoms with van der Waals surface area (Å²) in [4.78, 5) is 14.0. The van der Waals surface area contributed by atoms with E-state index in [9.17, 15) is 4.79 Å². The van der Waals surface area contributed by atoms with E-state index in [0.717, 1.165) is 25.9 Å². The minimum absolute atomic E-state index is 0.163. The first-order valence-electron chi connectivity index (χ1n) is 6.54. The van der Waals surface area contributed by atoms with E-state index in [0.29, 0.717) is 18.9 Å². The Bertz CT molecular complexity index is 376. The molecule has 0 bridgehead atoms. The largest absolute Gasteiger partial charge is 0.342 e. The SMILES string of the molecule is CC(N)C1CCCN(C(=O)CCn2ccnn2)C1. The van der Waals surface area contributed by atoms with Gasteiger partial charge in [0.05, 0.1) is 12.7 Å². The first-order valence-corrected chi connectivity index (χ1v) is 6.54. The summed E-state index contributed by atoms with van der Waals surface area (Å²) in [5.74, 6) is 0.630. The topological polar surface area (TPSA) is 77.0 Å². The molecule has 100 valence electrons. The zero-order chi connectivity index (χ0) is 13.0. The van der Waals surface area contributed by atoms with Gasteiger partial charge in [0.25, 0.3) is 0 Å². The van der Waals surface area contributed by atoms with E-state index in [1.54, 1.807) is 17.1 Å². The molecule has 1 aromatic heterocycles. The molecule has 0 radical (unpaired) electrons. The Kier molecular flexibility index (Phi) is 4.30. The van der Waals surface area contributed by atoms with Gasteiger partial charge in [-0.25, -0.2) is 0 Å². The lowest BCUT2D eigenvalue weighted by atomic mass is 9.92. The lowest BCUT2D eigenvalue weighted by Gasteiger charge is -2.34. The Morgan fingerprint density at radius 1 is 1.61 bits per heavy atom. The number of aryl methyl sites for hydroxylation is 1. The average Bonchev–Trinajstić information content (AvgIpc) is 2.89. The van der Waals surface area contributed by atoms with Gasteiger partial charge in [0.1, 0.15) is 0 Å². The lowest BCUT2D eigenvalue weighted by molar-refractivity contribution is -0.133. The van der Waals surface area contributed by atoms with Gasteiger partial charge in [-0.15, -0.1) is 5.10 Å². The third-order valence-corrected chi connectivity index (χ3v) is 3.58. The number of hydrogen-bond donors (Lipinski definition) is 1. The second-order valence-electron chi connectivity index (χ2n) is 5.02. The van der Waals surface area contributed by atoms with Crippen molar-refractivity contribution in [3.63, 3.8) is 0 Å². The molecule has 1 aliphatic rings. The third kappa shape index (κ3) is 3.29.